The Kier molecular flexibility index (Phi) is 6.04. The molecule has 2 aliphatic rings. The predicted octanol–water partition coefficient (Wildman–Crippen LogP) is 5.29. The number of aliphatic hydroxyl groups excluding tert-OH is 1. The Balaban J connectivity index is 1.83. The van der Waals surface area contributed by atoms with E-state index < -0.39 is 23.5 Å². The largest absolute Gasteiger partial charge is 0.507 e. The Hall–Kier alpha value is -3.15. The summed E-state index contributed by atoms with van der Waals surface area (Å²) >= 11 is 0. The molecule has 6 heteroatoms. The molecule has 1 amide bonds. The number of ketones is 1. The molecule has 4 rings (SSSR count). The Morgan fingerprint density at radius 2 is 1.75 bits per heavy atom. The van der Waals surface area contributed by atoms with Crippen molar-refractivity contribution in [3.8, 4) is 5.75 Å². The number of nitrogens with zero attached hydrogens (tertiary/aromatic N) is 1. The van der Waals surface area contributed by atoms with Gasteiger partial charge in [-0.2, -0.15) is 0 Å². The third-order valence-corrected chi connectivity index (χ3v) is 6.19. The summed E-state index contributed by atoms with van der Waals surface area (Å²) in [5.41, 5.74) is 1.90. The summed E-state index contributed by atoms with van der Waals surface area (Å²) in [6.45, 7) is 5.73. The summed E-state index contributed by atoms with van der Waals surface area (Å²) in [6.07, 6.45) is 3.60. The van der Waals surface area contributed by atoms with E-state index in [1.54, 1.807) is 35.2 Å². The van der Waals surface area contributed by atoms with Gasteiger partial charge in [-0.3, -0.25) is 9.59 Å². The average Bonchev–Trinajstić information content (AvgIpc) is 3.36. The molecule has 1 saturated heterocycles. The molecule has 2 fully saturated rings. The first kappa shape index (κ1) is 22.1. The van der Waals surface area contributed by atoms with E-state index in [1.165, 1.54) is 12.1 Å². The number of rotatable bonds is 5. The van der Waals surface area contributed by atoms with E-state index in [0.717, 1.165) is 31.2 Å². The first-order valence-corrected chi connectivity index (χ1v) is 11.1. The van der Waals surface area contributed by atoms with Crippen molar-refractivity contribution in [2.75, 3.05) is 0 Å². The normalized spacial score (nSPS) is 21.0. The zero-order valence-corrected chi connectivity index (χ0v) is 18.6. The fourth-order valence-corrected chi connectivity index (χ4v) is 4.72. The average molecular weight is 438 g/mol. The Bertz CT molecular complexity index is 1070. The zero-order chi connectivity index (χ0) is 23.0. The minimum Gasteiger partial charge on any atom is -0.507 e. The van der Waals surface area contributed by atoms with E-state index in [0.29, 0.717) is 16.9 Å². The van der Waals surface area contributed by atoms with E-state index in [4.69, 9.17) is 4.74 Å². The third kappa shape index (κ3) is 4.01. The summed E-state index contributed by atoms with van der Waals surface area (Å²) in [7, 11) is 0. The van der Waals surface area contributed by atoms with Crippen LogP contribution in [0.5, 0.6) is 5.75 Å². The molecule has 32 heavy (non-hydrogen) atoms. The van der Waals surface area contributed by atoms with Crippen molar-refractivity contribution < 1.29 is 23.8 Å². The highest BCUT2D eigenvalue weighted by atomic mass is 19.1. The molecular weight excluding hydrogens is 409 g/mol. The van der Waals surface area contributed by atoms with E-state index >= 15 is 0 Å². The Labute approximate surface area is 187 Å². The fourth-order valence-electron chi connectivity index (χ4n) is 4.72. The topological polar surface area (TPSA) is 66.8 Å². The second-order valence-corrected chi connectivity index (χ2v) is 8.84. The van der Waals surface area contributed by atoms with Gasteiger partial charge in [-0.25, -0.2) is 4.39 Å². The molecule has 2 aromatic rings. The van der Waals surface area contributed by atoms with Crippen LogP contribution in [0.4, 0.5) is 4.39 Å². The van der Waals surface area contributed by atoms with Crippen molar-refractivity contribution >= 4 is 17.4 Å². The molecule has 0 spiro atoms. The van der Waals surface area contributed by atoms with Crippen LogP contribution in [0, 0.1) is 12.7 Å². The molecule has 1 heterocycles. The first-order valence-electron chi connectivity index (χ1n) is 11.1. The first-order chi connectivity index (χ1) is 15.3. The van der Waals surface area contributed by atoms with Crippen LogP contribution in [0.25, 0.3) is 5.76 Å². The summed E-state index contributed by atoms with van der Waals surface area (Å²) in [4.78, 5) is 27.8. The zero-order valence-electron chi connectivity index (χ0n) is 18.6. The molecule has 5 nitrogen and oxygen atoms in total. The van der Waals surface area contributed by atoms with Crippen LogP contribution in [0.15, 0.2) is 48.0 Å². The van der Waals surface area contributed by atoms with Gasteiger partial charge >= 0.3 is 0 Å². The molecule has 168 valence electrons. The van der Waals surface area contributed by atoms with Gasteiger partial charge in [0.15, 0.2) is 0 Å². The molecule has 0 aromatic heterocycles. The summed E-state index contributed by atoms with van der Waals surface area (Å²) in [6, 6.07) is 10.1. The summed E-state index contributed by atoms with van der Waals surface area (Å²) < 4.78 is 19.4. The number of aliphatic hydroxyl groups is 1. The molecule has 0 radical (unpaired) electrons. The number of carbonyl (C=O) groups excluding carboxylic acids is 2. The van der Waals surface area contributed by atoms with Gasteiger partial charge in [0.05, 0.1) is 17.7 Å². The van der Waals surface area contributed by atoms with Gasteiger partial charge in [0.25, 0.3) is 11.7 Å². The highest BCUT2D eigenvalue weighted by Gasteiger charge is 2.49. The fraction of sp³-hybridized carbons (Fsp3) is 0.385. The maximum Gasteiger partial charge on any atom is 0.295 e. The van der Waals surface area contributed by atoms with Crippen LogP contribution < -0.4 is 4.74 Å². The van der Waals surface area contributed by atoms with Crippen LogP contribution in [-0.4, -0.2) is 33.8 Å². The van der Waals surface area contributed by atoms with E-state index in [1.807, 2.05) is 20.8 Å². The molecule has 1 saturated carbocycles. The summed E-state index contributed by atoms with van der Waals surface area (Å²) in [5.74, 6) is -1.24. The van der Waals surface area contributed by atoms with Crippen LogP contribution in [-0.2, 0) is 9.59 Å². The van der Waals surface area contributed by atoms with Gasteiger partial charge in [-0.15, -0.1) is 0 Å². The smallest absolute Gasteiger partial charge is 0.295 e. The Morgan fingerprint density at radius 1 is 1.09 bits per heavy atom. The van der Waals surface area contributed by atoms with E-state index in [9.17, 15) is 19.1 Å². The lowest BCUT2D eigenvalue weighted by atomic mass is 9.94. The van der Waals surface area contributed by atoms with Gasteiger partial charge in [0.2, 0.25) is 0 Å². The molecule has 2 aromatic carbocycles. The second kappa shape index (κ2) is 8.77. The number of amides is 1. The molecule has 1 atom stereocenters. The third-order valence-electron chi connectivity index (χ3n) is 6.19. The minimum atomic E-state index is -0.745. The number of hydrogen-bond acceptors (Lipinski definition) is 4. The number of aryl methyl sites for hydroxylation is 1. The molecule has 1 aliphatic carbocycles. The SMILES string of the molecule is Cc1cc(/C(O)=C2/C(=O)C(=O)N(C3CCCC3)C2c2ccc(F)cc2)ccc1OC(C)C. The van der Waals surface area contributed by atoms with Crippen LogP contribution in [0.2, 0.25) is 0 Å². The monoisotopic (exact) mass is 437 g/mol. The maximum absolute atomic E-state index is 13.6. The van der Waals surface area contributed by atoms with Gasteiger partial charge in [-0.1, -0.05) is 25.0 Å². The molecular formula is C26H28FNO4. The van der Waals surface area contributed by atoms with Crippen molar-refractivity contribution in [2.24, 2.45) is 0 Å². The standard InChI is InChI=1S/C26H28FNO4/c1-15(2)32-21-13-10-18(14-16(21)3)24(29)22-23(17-8-11-19(27)12-9-17)28(26(31)25(22)30)20-6-4-5-7-20/h8-15,20,23,29H,4-7H2,1-3H3/b24-22-. The number of benzene rings is 2. The molecule has 0 bridgehead atoms. The van der Waals surface area contributed by atoms with E-state index in [2.05, 4.69) is 0 Å². The van der Waals surface area contributed by atoms with Crippen LogP contribution >= 0.6 is 0 Å². The number of hydrogen-bond donors (Lipinski definition) is 1. The molecule has 1 aliphatic heterocycles. The number of Topliss-reactive ketones (excluding diaryl/α,β-unsaturated/α-hetero) is 1. The number of likely N-dealkylation sites (tertiary alicyclic amines) is 1. The van der Waals surface area contributed by atoms with Gasteiger partial charge in [0.1, 0.15) is 17.3 Å². The van der Waals surface area contributed by atoms with Crippen molar-refractivity contribution in [1.82, 2.24) is 4.90 Å². The Morgan fingerprint density at radius 3 is 2.34 bits per heavy atom. The van der Waals surface area contributed by atoms with Crippen LogP contribution in [0.1, 0.15) is 62.3 Å². The predicted molar refractivity (Wildman–Crippen MR) is 120 cm³/mol. The van der Waals surface area contributed by atoms with Gasteiger partial charge < -0.3 is 14.7 Å². The van der Waals surface area contributed by atoms with Crippen molar-refractivity contribution in [3.05, 3.63) is 70.5 Å². The number of halogens is 1. The lowest BCUT2D eigenvalue weighted by molar-refractivity contribution is -0.141. The minimum absolute atomic E-state index is 0.00311. The number of carbonyl (C=O) groups is 2. The quantitative estimate of drug-likeness (QED) is 0.392. The lowest BCUT2D eigenvalue weighted by Crippen LogP contribution is -2.37. The highest BCUT2D eigenvalue weighted by molar-refractivity contribution is 6.46. The van der Waals surface area contributed by atoms with Crippen molar-refractivity contribution in [2.45, 2.75) is 64.6 Å². The summed E-state index contributed by atoms with van der Waals surface area (Å²) in [5, 5.41) is 11.2. The molecule has 1 N–H and O–H groups in total. The van der Waals surface area contributed by atoms with Gasteiger partial charge in [-0.05, 0) is 75.1 Å². The van der Waals surface area contributed by atoms with E-state index in [-0.39, 0.29) is 23.5 Å². The van der Waals surface area contributed by atoms with Gasteiger partial charge in [0, 0.05) is 11.6 Å². The highest BCUT2D eigenvalue weighted by Crippen LogP contribution is 2.43. The van der Waals surface area contributed by atoms with Crippen LogP contribution in [0.3, 0.4) is 0 Å². The van der Waals surface area contributed by atoms with Crippen molar-refractivity contribution in [3.63, 3.8) is 0 Å². The maximum atomic E-state index is 13.6. The lowest BCUT2D eigenvalue weighted by Gasteiger charge is -2.30. The second-order valence-electron chi connectivity index (χ2n) is 8.84. The van der Waals surface area contributed by atoms with Crippen molar-refractivity contribution in [1.29, 1.82) is 0 Å². The number of ether oxygens (including phenoxy) is 1. The molecule has 1 unspecified atom stereocenters.